The molecule has 0 spiro atoms. The molecule has 2 aliphatic rings. The number of para-hydroxylation sites is 4. The van der Waals surface area contributed by atoms with Gasteiger partial charge in [0, 0.05) is 0 Å². The van der Waals surface area contributed by atoms with Crippen molar-refractivity contribution in [1.29, 1.82) is 0 Å². The van der Waals surface area contributed by atoms with Crippen LogP contribution in [0.5, 0.6) is 11.5 Å². The second kappa shape index (κ2) is 7.22. The van der Waals surface area contributed by atoms with Crippen LogP contribution in [0.15, 0.2) is 48.5 Å². The first-order valence-electron chi connectivity index (χ1n) is 8.82. The molecule has 2 heterocycles. The molecule has 4 rings (SSSR count). The van der Waals surface area contributed by atoms with Crippen LogP contribution in [0.3, 0.4) is 0 Å². The molecule has 0 saturated heterocycles. The first-order valence-corrected chi connectivity index (χ1v) is 8.82. The smallest absolute Gasteiger partial charge is 0.351 e. The van der Waals surface area contributed by atoms with Gasteiger partial charge in [-0.2, -0.15) is 0 Å². The Hall–Kier alpha value is -3.55. The normalized spacial score (nSPS) is 18.5. The van der Waals surface area contributed by atoms with Crippen molar-refractivity contribution in [3.63, 3.8) is 0 Å². The van der Waals surface area contributed by atoms with E-state index in [0.29, 0.717) is 22.9 Å². The number of carbonyl (C=O) groups excluding carboxylic acids is 3. The molecule has 2 aliphatic heterocycles. The molecular weight excluding hydrogens is 364 g/mol. The lowest BCUT2D eigenvalue weighted by Gasteiger charge is -2.31. The maximum atomic E-state index is 12.8. The van der Waals surface area contributed by atoms with Crippen molar-refractivity contribution >= 4 is 29.2 Å². The van der Waals surface area contributed by atoms with Gasteiger partial charge >= 0.3 is 5.97 Å². The third-order valence-corrected chi connectivity index (χ3v) is 4.45. The van der Waals surface area contributed by atoms with Gasteiger partial charge in [-0.1, -0.05) is 24.3 Å². The van der Waals surface area contributed by atoms with E-state index in [1.54, 1.807) is 48.5 Å². The maximum Gasteiger partial charge on any atom is 0.351 e. The summed E-state index contributed by atoms with van der Waals surface area (Å²) in [6, 6.07) is 13.9. The molecule has 0 bridgehead atoms. The van der Waals surface area contributed by atoms with Crippen molar-refractivity contribution in [2.75, 3.05) is 23.4 Å². The van der Waals surface area contributed by atoms with E-state index in [0.717, 1.165) is 0 Å². The Morgan fingerprint density at radius 2 is 1.86 bits per heavy atom. The van der Waals surface area contributed by atoms with Gasteiger partial charge in [0.1, 0.15) is 13.2 Å². The monoisotopic (exact) mass is 382 g/mol. The molecule has 0 aromatic heterocycles. The third-order valence-electron chi connectivity index (χ3n) is 4.45. The van der Waals surface area contributed by atoms with Crippen LogP contribution in [0, 0.1) is 0 Å². The summed E-state index contributed by atoms with van der Waals surface area (Å²) in [6.07, 6.45) is -2.06. The highest BCUT2D eigenvalue weighted by Gasteiger charge is 2.35. The molecule has 2 amide bonds. The highest BCUT2D eigenvalue weighted by atomic mass is 16.6. The lowest BCUT2D eigenvalue weighted by molar-refractivity contribution is -0.163. The molecule has 0 fully saturated rings. The summed E-state index contributed by atoms with van der Waals surface area (Å²) in [6.45, 7) is 1.31. The lowest BCUT2D eigenvalue weighted by atomic mass is 10.1. The van der Waals surface area contributed by atoms with Crippen molar-refractivity contribution in [2.24, 2.45) is 0 Å². The molecule has 2 atom stereocenters. The van der Waals surface area contributed by atoms with Crippen molar-refractivity contribution in [2.45, 2.75) is 19.1 Å². The summed E-state index contributed by atoms with van der Waals surface area (Å²) >= 11 is 0. The van der Waals surface area contributed by atoms with Gasteiger partial charge < -0.3 is 19.5 Å². The fourth-order valence-electron chi connectivity index (χ4n) is 3.09. The topological polar surface area (TPSA) is 94.2 Å². The Balaban J connectivity index is 1.44. The van der Waals surface area contributed by atoms with Gasteiger partial charge in [-0.15, -0.1) is 0 Å². The molecular formula is C20H18N2O6. The molecule has 2 aromatic rings. The van der Waals surface area contributed by atoms with Crippen molar-refractivity contribution in [3.8, 4) is 11.5 Å². The van der Waals surface area contributed by atoms with E-state index in [1.807, 2.05) is 0 Å². The zero-order chi connectivity index (χ0) is 19.7. The van der Waals surface area contributed by atoms with Gasteiger partial charge in [-0.3, -0.25) is 14.5 Å². The van der Waals surface area contributed by atoms with Gasteiger partial charge in [-0.25, -0.2) is 4.79 Å². The number of amides is 2. The highest BCUT2D eigenvalue weighted by Crippen LogP contribution is 2.32. The van der Waals surface area contributed by atoms with Gasteiger partial charge in [-0.05, 0) is 31.2 Å². The van der Waals surface area contributed by atoms with E-state index in [-0.39, 0.29) is 19.1 Å². The number of hydrogen-bond donors (Lipinski definition) is 1. The first kappa shape index (κ1) is 17.8. The van der Waals surface area contributed by atoms with Gasteiger partial charge in [0.05, 0.1) is 11.4 Å². The fraction of sp³-hybridized carbons (Fsp3) is 0.250. The quantitative estimate of drug-likeness (QED) is 0.813. The number of esters is 1. The van der Waals surface area contributed by atoms with Gasteiger partial charge in [0.25, 0.3) is 5.91 Å². The first-order chi connectivity index (χ1) is 13.5. The van der Waals surface area contributed by atoms with Crippen molar-refractivity contribution in [3.05, 3.63) is 48.5 Å². The maximum absolute atomic E-state index is 12.8. The predicted octanol–water partition coefficient (Wildman–Crippen LogP) is 1.74. The second-order valence-corrected chi connectivity index (χ2v) is 6.43. The number of nitrogens with zero attached hydrogens (tertiary/aromatic N) is 1. The molecule has 0 aliphatic carbocycles. The van der Waals surface area contributed by atoms with Crippen LogP contribution in [0.1, 0.15) is 6.92 Å². The Kier molecular flexibility index (Phi) is 4.60. The summed E-state index contributed by atoms with van der Waals surface area (Å²) in [4.78, 5) is 38.5. The van der Waals surface area contributed by atoms with Crippen LogP contribution < -0.4 is 19.7 Å². The average molecular weight is 382 g/mol. The minimum Gasteiger partial charge on any atom is -0.485 e. The molecule has 8 nitrogen and oxygen atoms in total. The largest absolute Gasteiger partial charge is 0.485 e. The minimum absolute atomic E-state index is 0.00822. The lowest BCUT2D eigenvalue weighted by Crippen LogP contribution is -2.48. The molecule has 0 radical (unpaired) electrons. The van der Waals surface area contributed by atoms with E-state index < -0.39 is 24.1 Å². The highest BCUT2D eigenvalue weighted by molar-refractivity contribution is 6.11. The predicted molar refractivity (Wildman–Crippen MR) is 99.3 cm³/mol. The van der Waals surface area contributed by atoms with E-state index in [9.17, 15) is 14.4 Å². The van der Waals surface area contributed by atoms with E-state index >= 15 is 0 Å². The number of nitrogens with one attached hydrogen (secondary N) is 1. The van der Waals surface area contributed by atoms with Crippen LogP contribution in [-0.2, 0) is 19.1 Å². The standard InChI is InChI=1S/C20H18N2O6/c1-12(19(24)22-10-18(23)21-13-6-2-3-7-14(13)22)27-20(25)17-11-26-15-8-4-5-9-16(15)28-17/h2-9,12,17H,10-11H2,1H3,(H,21,23)/t12-,17+/m0/s1. The Morgan fingerprint density at radius 3 is 2.68 bits per heavy atom. The van der Waals surface area contributed by atoms with Crippen LogP contribution >= 0.6 is 0 Å². The number of anilines is 2. The number of carbonyl (C=O) groups is 3. The number of rotatable bonds is 3. The van der Waals surface area contributed by atoms with Crippen LogP contribution in [0.2, 0.25) is 0 Å². The molecule has 8 heteroatoms. The summed E-state index contributed by atoms with van der Waals surface area (Å²) < 4.78 is 16.4. The summed E-state index contributed by atoms with van der Waals surface area (Å²) in [5, 5.41) is 2.71. The minimum atomic E-state index is -1.09. The molecule has 0 saturated carbocycles. The Bertz CT molecular complexity index is 944. The Morgan fingerprint density at radius 1 is 1.14 bits per heavy atom. The number of hydrogen-bond acceptors (Lipinski definition) is 6. The number of ether oxygens (including phenoxy) is 3. The number of benzene rings is 2. The summed E-state index contributed by atoms with van der Waals surface area (Å²) in [7, 11) is 0. The van der Waals surface area contributed by atoms with Crippen molar-refractivity contribution in [1.82, 2.24) is 0 Å². The molecule has 1 N–H and O–H groups in total. The van der Waals surface area contributed by atoms with Gasteiger partial charge in [0.15, 0.2) is 17.6 Å². The van der Waals surface area contributed by atoms with Crippen LogP contribution in [0.4, 0.5) is 11.4 Å². The average Bonchev–Trinajstić information content (AvgIpc) is 2.72. The van der Waals surface area contributed by atoms with Gasteiger partial charge in [0.2, 0.25) is 12.0 Å². The second-order valence-electron chi connectivity index (χ2n) is 6.43. The third kappa shape index (κ3) is 3.36. The van der Waals surface area contributed by atoms with E-state index in [4.69, 9.17) is 14.2 Å². The molecule has 144 valence electrons. The molecule has 28 heavy (non-hydrogen) atoms. The van der Waals surface area contributed by atoms with Crippen LogP contribution in [-0.4, -0.2) is 43.1 Å². The fourth-order valence-corrected chi connectivity index (χ4v) is 3.09. The van der Waals surface area contributed by atoms with Crippen LogP contribution in [0.25, 0.3) is 0 Å². The molecule has 0 unspecified atom stereocenters. The molecule has 2 aromatic carbocycles. The summed E-state index contributed by atoms with van der Waals surface area (Å²) in [5.41, 5.74) is 1.09. The zero-order valence-corrected chi connectivity index (χ0v) is 15.1. The van der Waals surface area contributed by atoms with E-state index in [1.165, 1.54) is 11.8 Å². The Labute approximate surface area is 161 Å². The summed E-state index contributed by atoms with van der Waals surface area (Å²) in [5.74, 6) is -0.521. The zero-order valence-electron chi connectivity index (χ0n) is 15.1. The van der Waals surface area contributed by atoms with E-state index in [2.05, 4.69) is 5.32 Å². The number of fused-ring (bicyclic) bond motifs is 2. The van der Waals surface area contributed by atoms with Crippen molar-refractivity contribution < 1.29 is 28.6 Å². The SMILES string of the molecule is C[C@H](OC(=O)[C@H]1COc2ccccc2O1)C(=O)N1CC(=O)Nc2ccccc21.